The summed E-state index contributed by atoms with van der Waals surface area (Å²) in [7, 11) is 0. The van der Waals surface area contributed by atoms with Gasteiger partial charge in [0.25, 0.3) is 0 Å². The smallest absolute Gasteiger partial charge is 0.305 e. The zero-order valence-electron chi connectivity index (χ0n) is 10.7. The summed E-state index contributed by atoms with van der Waals surface area (Å²) in [6, 6.07) is 0. The lowest BCUT2D eigenvalue weighted by atomic mass is 10.2. The second kappa shape index (κ2) is 8.48. The van der Waals surface area contributed by atoms with E-state index in [1.165, 1.54) is 0 Å². The summed E-state index contributed by atoms with van der Waals surface area (Å²) < 4.78 is 16.1. The highest BCUT2D eigenvalue weighted by Gasteiger charge is 2.15. The third-order valence-corrected chi connectivity index (χ3v) is 2.59. The zero-order chi connectivity index (χ0) is 12.5. The van der Waals surface area contributed by atoms with Gasteiger partial charge in [-0.25, -0.2) is 0 Å². The van der Waals surface area contributed by atoms with E-state index in [1.807, 2.05) is 6.92 Å². The van der Waals surface area contributed by atoms with Gasteiger partial charge in [0.05, 0.1) is 13.2 Å². The van der Waals surface area contributed by atoms with Crippen molar-refractivity contribution >= 4 is 5.97 Å². The molecule has 1 aliphatic heterocycles. The minimum absolute atomic E-state index is 0.0265. The lowest BCUT2D eigenvalue weighted by Gasteiger charge is -2.24. The molecule has 0 aromatic rings. The molecule has 2 atom stereocenters. The maximum Gasteiger partial charge on any atom is 0.305 e. The van der Waals surface area contributed by atoms with Gasteiger partial charge in [-0.1, -0.05) is 6.92 Å². The topological polar surface area (TPSA) is 44.8 Å². The van der Waals surface area contributed by atoms with Crippen molar-refractivity contribution in [3.63, 3.8) is 0 Å². The number of esters is 1. The molecule has 0 bridgehead atoms. The molecule has 1 aliphatic rings. The second-order valence-electron chi connectivity index (χ2n) is 4.43. The molecule has 0 aromatic heterocycles. The Balaban J connectivity index is 2.03. The highest BCUT2D eigenvalue weighted by molar-refractivity contribution is 5.69. The molecule has 1 saturated heterocycles. The van der Waals surface area contributed by atoms with Crippen LogP contribution >= 0.6 is 0 Å². The predicted octanol–water partition coefficient (Wildman–Crippen LogP) is 2.32. The van der Waals surface area contributed by atoms with Crippen LogP contribution in [0.3, 0.4) is 0 Å². The van der Waals surface area contributed by atoms with Gasteiger partial charge in [0.15, 0.2) is 6.29 Å². The molecule has 0 aromatic carbocycles. The summed E-state index contributed by atoms with van der Waals surface area (Å²) in [5.74, 6) is -0.184. The molecule has 2 unspecified atom stereocenters. The summed E-state index contributed by atoms with van der Waals surface area (Å²) in [6.45, 7) is 7.42. The number of rotatable bonds is 7. The first-order chi connectivity index (χ1) is 8.22. The minimum Gasteiger partial charge on any atom is -0.465 e. The van der Waals surface area contributed by atoms with E-state index in [0.717, 1.165) is 32.3 Å². The first-order valence-corrected chi connectivity index (χ1v) is 6.44. The molecule has 0 saturated carbocycles. The Bertz CT molecular complexity index is 211. The number of ether oxygens (including phenoxy) is 3. The SMILES string of the molecule is [CH2]C(COC(=O)CCC)COC1CCCCO1. The first kappa shape index (κ1) is 14.5. The van der Waals surface area contributed by atoms with Gasteiger partial charge in [0.2, 0.25) is 0 Å². The highest BCUT2D eigenvalue weighted by atomic mass is 16.7. The molecular formula is C13H23O4. The first-order valence-electron chi connectivity index (χ1n) is 6.44. The van der Waals surface area contributed by atoms with Gasteiger partial charge in [-0.15, -0.1) is 0 Å². The van der Waals surface area contributed by atoms with E-state index in [2.05, 4.69) is 6.92 Å². The fourth-order valence-electron chi connectivity index (χ4n) is 1.62. The molecular weight excluding hydrogens is 220 g/mol. The van der Waals surface area contributed by atoms with Gasteiger partial charge < -0.3 is 14.2 Å². The van der Waals surface area contributed by atoms with Crippen LogP contribution in [0.5, 0.6) is 0 Å². The highest BCUT2D eigenvalue weighted by Crippen LogP contribution is 2.14. The quantitative estimate of drug-likeness (QED) is 0.644. The molecule has 0 aliphatic carbocycles. The van der Waals surface area contributed by atoms with Crippen molar-refractivity contribution in [2.75, 3.05) is 19.8 Å². The van der Waals surface area contributed by atoms with Crippen molar-refractivity contribution in [3.05, 3.63) is 6.92 Å². The molecule has 1 heterocycles. The van der Waals surface area contributed by atoms with Crippen molar-refractivity contribution in [3.8, 4) is 0 Å². The monoisotopic (exact) mass is 243 g/mol. The average Bonchev–Trinajstić information content (AvgIpc) is 2.35. The van der Waals surface area contributed by atoms with Crippen molar-refractivity contribution in [1.29, 1.82) is 0 Å². The lowest BCUT2D eigenvalue weighted by molar-refractivity contribution is -0.170. The summed E-state index contributed by atoms with van der Waals surface area (Å²) in [5.41, 5.74) is 0. The number of carbonyl (C=O) groups excluding carboxylic acids is 1. The van der Waals surface area contributed by atoms with E-state index < -0.39 is 0 Å². The Labute approximate surface area is 104 Å². The van der Waals surface area contributed by atoms with Gasteiger partial charge in [-0.05, 0) is 32.6 Å². The molecule has 99 valence electrons. The van der Waals surface area contributed by atoms with E-state index in [0.29, 0.717) is 19.6 Å². The zero-order valence-corrected chi connectivity index (χ0v) is 10.7. The Kier molecular flexibility index (Phi) is 7.21. The molecule has 1 radical (unpaired) electrons. The molecule has 1 fully saturated rings. The van der Waals surface area contributed by atoms with E-state index in [1.54, 1.807) is 0 Å². The molecule has 0 amide bonds. The molecule has 1 rings (SSSR count). The maximum atomic E-state index is 11.1. The van der Waals surface area contributed by atoms with Gasteiger partial charge >= 0.3 is 5.97 Å². The number of hydrogen-bond acceptors (Lipinski definition) is 4. The van der Waals surface area contributed by atoms with Crippen LogP contribution in [-0.4, -0.2) is 32.1 Å². The predicted molar refractivity (Wildman–Crippen MR) is 64.3 cm³/mol. The Morgan fingerprint density at radius 3 is 2.94 bits per heavy atom. The van der Waals surface area contributed by atoms with Crippen LogP contribution in [0, 0.1) is 12.8 Å². The Hall–Kier alpha value is -0.610. The van der Waals surface area contributed by atoms with E-state index in [9.17, 15) is 4.79 Å². The largest absolute Gasteiger partial charge is 0.465 e. The van der Waals surface area contributed by atoms with Crippen LogP contribution in [0.25, 0.3) is 0 Å². The van der Waals surface area contributed by atoms with E-state index in [-0.39, 0.29) is 18.2 Å². The van der Waals surface area contributed by atoms with Crippen LogP contribution in [0.1, 0.15) is 39.0 Å². The maximum absolute atomic E-state index is 11.1. The van der Waals surface area contributed by atoms with Crippen LogP contribution in [0.4, 0.5) is 0 Å². The van der Waals surface area contributed by atoms with Crippen LogP contribution in [0.2, 0.25) is 0 Å². The third kappa shape index (κ3) is 6.64. The van der Waals surface area contributed by atoms with Gasteiger partial charge in [-0.2, -0.15) is 0 Å². The van der Waals surface area contributed by atoms with Crippen molar-refractivity contribution < 1.29 is 19.0 Å². The third-order valence-electron chi connectivity index (χ3n) is 2.59. The molecule has 17 heavy (non-hydrogen) atoms. The Morgan fingerprint density at radius 2 is 2.29 bits per heavy atom. The van der Waals surface area contributed by atoms with Crippen LogP contribution < -0.4 is 0 Å². The summed E-state index contributed by atoms with van der Waals surface area (Å²) in [6.07, 6.45) is 4.40. The van der Waals surface area contributed by atoms with Crippen molar-refractivity contribution in [2.45, 2.75) is 45.3 Å². The minimum atomic E-state index is -0.157. The summed E-state index contributed by atoms with van der Waals surface area (Å²) in [5, 5.41) is 0. The van der Waals surface area contributed by atoms with Gasteiger partial charge in [-0.3, -0.25) is 4.79 Å². The van der Waals surface area contributed by atoms with Crippen LogP contribution in [0.15, 0.2) is 0 Å². The van der Waals surface area contributed by atoms with E-state index in [4.69, 9.17) is 14.2 Å². The molecule has 4 nitrogen and oxygen atoms in total. The van der Waals surface area contributed by atoms with Gasteiger partial charge in [0.1, 0.15) is 0 Å². The lowest BCUT2D eigenvalue weighted by Crippen LogP contribution is -2.26. The molecule has 4 heteroatoms. The number of hydrogen-bond donors (Lipinski definition) is 0. The summed E-state index contributed by atoms with van der Waals surface area (Å²) in [4.78, 5) is 11.1. The standard InChI is InChI=1S/C13H23O4/c1-3-6-12(14)16-9-11(2)10-17-13-7-4-5-8-15-13/h11,13H,2-10H2,1H3. The Morgan fingerprint density at radius 1 is 1.47 bits per heavy atom. The fourth-order valence-corrected chi connectivity index (χ4v) is 1.62. The van der Waals surface area contributed by atoms with E-state index >= 15 is 0 Å². The van der Waals surface area contributed by atoms with Crippen molar-refractivity contribution in [2.24, 2.45) is 5.92 Å². The fraction of sp³-hybridized carbons (Fsp3) is 0.846. The normalized spacial score (nSPS) is 22.1. The second-order valence-corrected chi connectivity index (χ2v) is 4.43. The average molecular weight is 243 g/mol. The van der Waals surface area contributed by atoms with Crippen molar-refractivity contribution in [1.82, 2.24) is 0 Å². The van der Waals surface area contributed by atoms with Gasteiger partial charge in [0, 0.05) is 18.9 Å². The van der Waals surface area contributed by atoms with Crippen LogP contribution in [-0.2, 0) is 19.0 Å². The molecule has 0 N–H and O–H groups in total. The summed E-state index contributed by atoms with van der Waals surface area (Å²) >= 11 is 0. The number of carbonyl (C=O) groups is 1. The molecule has 0 spiro atoms.